The minimum Gasteiger partial charge on any atom is -0.461 e. The van der Waals surface area contributed by atoms with E-state index in [0.717, 1.165) is 32.1 Å². The van der Waals surface area contributed by atoms with Crippen molar-refractivity contribution >= 4 is 17.8 Å². The molecule has 2 aromatic heterocycles. The molecule has 3 heterocycles. The summed E-state index contributed by atoms with van der Waals surface area (Å²) >= 11 is 0. The number of furan rings is 1. The lowest BCUT2D eigenvalue weighted by Crippen LogP contribution is -2.40. The predicted molar refractivity (Wildman–Crippen MR) is 107 cm³/mol. The number of hydrogen-bond donors (Lipinski definition) is 0. The number of nitrogens with zero attached hydrogens (tertiary/aromatic N) is 2. The molecule has 2 aliphatic rings. The number of fused-ring (bicyclic) bond motifs is 1. The van der Waals surface area contributed by atoms with E-state index in [-0.39, 0.29) is 35.6 Å². The molecule has 1 aromatic carbocycles. The van der Waals surface area contributed by atoms with Gasteiger partial charge in [0.1, 0.15) is 12.3 Å². The summed E-state index contributed by atoms with van der Waals surface area (Å²) in [6.45, 7) is -0.0960. The molecule has 1 fully saturated rings. The Morgan fingerprint density at radius 1 is 1.03 bits per heavy atom. The third-order valence-electron chi connectivity index (χ3n) is 5.77. The summed E-state index contributed by atoms with van der Waals surface area (Å²) in [4.78, 5) is 39.5. The fourth-order valence-electron chi connectivity index (χ4n) is 4.19. The van der Waals surface area contributed by atoms with E-state index in [1.807, 2.05) is 0 Å². The van der Waals surface area contributed by atoms with Gasteiger partial charge in [-0.15, -0.1) is 0 Å². The zero-order valence-corrected chi connectivity index (χ0v) is 16.7. The average molecular weight is 420 g/mol. The van der Waals surface area contributed by atoms with E-state index in [2.05, 4.69) is 5.16 Å². The van der Waals surface area contributed by atoms with E-state index >= 15 is 0 Å². The van der Waals surface area contributed by atoms with E-state index in [1.165, 1.54) is 29.4 Å². The van der Waals surface area contributed by atoms with E-state index in [4.69, 9.17) is 13.7 Å². The van der Waals surface area contributed by atoms with Crippen molar-refractivity contribution in [1.82, 2.24) is 10.1 Å². The van der Waals surface area contributed by atoms with E-state index < -0.39 is 5.97 Å². The monoisotopic (exact) mass is 420 g/mol. The molecule has 0 saturated heterocycles. The van der Waals surface area contributed by atoms with Gasteiger partial charge in [-0.3, -0.25) is 14.5 Å². The highest BCUT2D eigenvalue weighted by Crippen LogP contribution is 2.31. The number of carbonyl (C=O) groups is 3. The number of amides is 2. The topological polar surface area (TPSA) is 103 Å². The Bertz CT molecular complexity index is 1140. The molecular weight excluding hydrogens is 400 g/mol. The molecule has 8 heteroatoms. The van der Waals surface area contributed by atoms with Crippen LogP contribution in [0.4, 0.5) is 0 Å². The summed E-state index contributed by atoms with van der Waals surface area (Å²) < 4.78 is 15.7. The van der Waals surface area contributed by atoms with Crippen LogP contribution in [-0.2, 0) is 11.3 Å². The van der Waals surface area contributed by atoms with Crippen LogP contribution < -0.4 is 0 Å². The second-order valence-corrected chi connectivity index (χ2v) is 7.77. The van der Waals surface area contributed by atoms with Crippen molar-refractivity contribution in [1.29, 1.82) is 0 Å². The first-order valence-electron chi connectivity index (χ1n) is 10.3. The van der Waals surface area contributed by atoms with Crippen LogP contribution in [0, 0.1) is 0 Å². The lowest BCUT2D eigenvalue weighted by atomic mass is 9.94. The maximum absolute atomic E-state index is 12.9. The Kier molecular flexibility index (Phi) is 4.89. The lowest BCUT2D eigenvalue weighted by Gasteiger charge is -2.29. The largest absolute Gasteiger partial charge is 0.461 e. The van der Waals surface area contributed by atoms with Crippen LogP contribution in [0.1, 0.15) is 68.9 Å². The van der Waals surface area contributed by atoms with Gasteiger partial charge in [-0.1, -0.05) is 24.4 Å². The van der Waals surface area contributed by atoms with Gasteiger partial charge < -0.3 is 13.7 Å². The number of esters is 1. The summed E-state index contributed by atoms with van der Waals surface area (Å²) in [5.74, 6) is -0.266. The molecule has 1 aliphatic carbocycles. The summed E-state index contributed by atoms with van der Waals surface area (Å²) in [6, 6.07) is 9.50. The smallest absolute Gasteiger partial charge is 0.338 e. The number of rotatable bonds is 5. The molecular formula is C23H20N2O6. The van der Waals surface area contributed by atoms with Crippen LogP contribution in [0.25, 0.3) is 11.5 Å². The highest BCUT2D eigenvalue weighted by molar-refractivity contribution is 6.22. The van der Waals surface area contributed by atoms with Crippen LogP contribution in [0.2, 0.25) is 0 Å². The van der Waals surface area contributed by atoms with Crippen LogP contribution in [0.3, 0.4) is 0 Å². The summed E-state index contributed by atoms with van der Waals surface area (Å²) in [5.41, 5.74) is 1.23. The van der Waals surface area contributed by atoms with Gasteiger partial charge in [-0.25, -0.2) is 4.79 Å². The molecule has 31 heavy (non-hydrogen) atoms. The Balaban J connectivity index is 1.28. The molecule has 0 spiro atoms. The highest BCUT2D eigenvalue weighted by Gasteiger charge is 2.40. The molecule has 158 valence electrons. The number of hydrogen-bond acceptors (Lipinski definition) is 7. The van der Waals surface area contributed by atoms with Crippen LogP contribution >= 0.6 is 0 Å². The van der Waals surface area contributed by atoms with E-state index in [0.29, 0.717) is 22.8 Å². The summed E-state index contributed by atoms with van der Waals surface area (Å²) in [7, 11) is 0. The molecule has 1 saturated carbocycles. The quantitative estimate of drug-likeness (QED) is 0.450. The normalized spacial score (nSPS) is 16.6. The van der Waals surface area contributed by atoms with Gasteiger partial charge in [0.15, 0.2) is 5.76 Å². The van der Waals surface area contributed by atoms with Crippen LogP contribution in [0.15, 0.2) is 51.6 Å². The number of benzene rings is 1. The fraction of sp³-hybridized carbons (Fsp3) is 0.304. The van der Waals surface area contributed by atoms with Gasteiger partial charge in [0.2, 0.25) is 5.76 Å². The zero-order chi connectivity index (χ0) is 21.4. The standard InChI is InChI=1S/C23H20N2O6/c26-21-17-9-8-14(11-18(17)22(27)25(21)16-5-2-1-3-6-16)23(28)30-13-15-12-20(31-24-15)19-7-4-10-29-19/h4,7-12,16H,1-3,5-6,13H2. The molecule has 0 atom stereocenters. The highest BCUT2D eigenvalue weighted by atomic mass is 16.5. The van der Waals surface area contributed by atoms with Crippen molar-refractivity contribution in [2.75, 3.05) is 0 Å². The molecule has 2 amide bonds. The maximum atomic E-state index is 12.9. The van der Waals surface area contributed by atoms with Gasteiger partial charge in [-0.05, 0) is 43.2 Å². The number of aromatic nitrogens is 1. The van der Waals surface area contributed by atoms with Gasteiger partial charge >= 0.3 is 5.97 Å². The molecule has 0 radical (unpaired) electrons. The van der Waals surface area contributed by atoms with Crippen molar-refractivity contribution < 1.29 is 28.1 Å². The second kappa shape index (κ2) is 7.86. The summed E-state index contributed by atoms with van der Waals surface area (Å²) in [6.07, 6.45) is 6.34. The average Bonchev–Trinajstić information content (AvgIpc) is 3.53. The van der Waals surface area contributed by atoms with E-state index in [9.17, 15) is 14.4 Å². The predicted octanol–water partition coefficient (Wildman–Crippen LogP) is 4.22. The van der Waals surface area contributed by atoms with Crippen molar-refractivity contribution in [3.8, 4) is 11.5 Å². The SMILES string of the molecule is O=C(OCc1cc(-c2ccco2)on1)c1ccc2c(c1)C(=O)N(C1CCCCC1)C2=O. The van der Waals surface area contributed by atoms with Crippen LogP contribution in [-0.4, -0.2) is 33.9 Å². The third-order valence-corrected chi connectivity index (χ3v) is 5.77. The summed E-state index contributed by atoms with van der Waals surface area (Å²) in [5, 5.41) is 3.86. The van der Waals surface area contributed by atoms with Crippen molar-refractivity contribution in [2.24, 2.45) is 0 Å². The Hall–Kier alpha value is -3.68. The number of carbonyl (C=O) groups excluding carboxylic acids is 3. The van der Waals surface area contributed by atoms with Crippen LogP contribution in [0.5, 0.6) is 0 Å². The fourth-order valence-corrected chi connectivity index (χ4v) is 4.19. The van der Waals surface area contributed by atoms with Gasteiger partial charge in [0, 0.05) is 12.1 Å². The lowest BCUT2D eigenvalue weighted by molar-refractivity contribution is 0.0463. The molecule has 1 aliphatic heterocycles. The molecule has 5 rings (SSSR count). The first-order valence-corrected chi connectivity index (χ1v) is 10.3. The van der Waals surface area contributed by atoms with Crippen molar-refractivity contribution in [3.63, 3.8) is 0 Å². The first kappa shape index (κ1) is 19.3. The second-order valence-electron chi connectivity index (χ2n) is 7.77. The van der Waals surface area contributed by atoms with E-state index in [1.54, 1.807) is 18.2 Å². The molecule has 0 N–H and O–H groups in total. The van der Waals surface area contributed by atoms with Crippen molar-refractivity contribution in [3.05, 3.63) is 65.0 Å². The first-order chi connectivity index (χ1) is 15.1. The third kappa shape index (κ3) is 3.54. The van der Waals surface area contributed by atoms with Crippen molar-refractivity contribution in [2.45, 2.75) is 44.8 Å². The molecule has 0 unspecified atom stereocenters. The van der Waals surface area contributed by atoms with Gasteiger partial charge in [0.05, 0.1) is 23.0 Å². The number of ether oxygens (including phenoxy) is 1. The number of imide groups is 1. The van der Waals surface area contributed by atoms with Gasteiger partial charge in [0.25, 0.3) is 11.8 Å². The molecule has 3 aromatic rings. The Morgan fingerprint density at radius 3 is 2.61 bits per heavy atom. The molecule has 0 bridgehead atoms. The maximum Gasteiger partial charge on any atom is 0.338 e. The minimum absolute atomic E-state index is 0.0629. The Morgan fingerprint density at radius 2 is 1.84 bits per heavy atom. The van der Waals surface area contributed by atoms with Gasteiger partial charge in [-0.2, -0.15) is 0 Å². The zero-order valence-electron chi connectivity index (χ0n) is 16.7. The Labute approximate surface area is 177 Å². The molecule has 8 nitrogen and oxygen atoms in total. The minimum atomic E-state index is -0.610.